The zero-order chi connectivity index (χ0) is 18.7. The lowest BCUT2D eigenvalue weighted by Crippen LogP contribution is -2.19. The van der Waals surface area contributed by atoms with Crippen LogP contribution in [0.3, 0.4) is 0 Å². The number of nitrogens with zero attached hydrogens (tertiary/aromatic N) is 1. The number of aromatic nitrogens is 1. The summed E-state index contributed by atoms with van der Waals surface area (Å²) in [7, 11) is 0. The van der Waals surface area contributed by atoms with Crippen LogP contribution in [0.5, 0.6) is 0 Å². The van der Waals surface area contributed by atoms with Gasteiger partial charge in [0.05, 0.1) is 5.02 Å². The highest BCUT2D eigenvalue weighted by molar-refractivity contribution is 6.30. The van der Waals surface area contributed by atoms with Crippen LogP contribution in [-0.2, 0) is 10.2 Å². The second-order valence-corrected chi connectivity index (χ2v) is 8.62. The van der Waals surface area contributed by atoms with Gasteiger partial charge in [-0.2, -0.15) is 0 Å². The average molecular weight is 371 g/mol. The Morgan fingerprint density at radius 1 is 1.19 bits per heavy atom. The van der Waals surface area contributed by atoms with Crippen LogP contribution in [0.2, 0.25) is 5.02 Å². The molecule has 2 atom stereocenters. The molecule has 138 valence electrons. The Hall–Kier alpha value is -1.87. The molecule has 1 aliphatic heterocycles. The fourth-order valence-electron chi connectivity index (χ4n) is 3.58. The predicted molar refractivity (Wildman–Crippen MR) is 107 cm³/mol. The van der Waals surface area contributed by atoms with Crippen molar-refractivity contribution >= 4 is 17.5 Å². The monoisotopic (exact) mass is 370 g/mol. The van der Waals surface area contributed by atoms with E-state index in [0.717, 1.165) is 31.5 Å². The zero-order valence-electron chi connectivity index (χ0n) is 15.8. The van der Waals surface area contributed by atoms with Gasteiger partial charge in [-0.25, -0.2) is 0 Å². The van der Waals surface area contributed by atoms with E-state index in [-0.39, 0.29) is 23.2 Å². The van der Waals surface area contributed by atoms with E-state index < -0.39 is 0 Å². The highest BCUT2D eigenvalue weighted by Gasteiger charge is 2.26. The molecule has 1 aromatic carbocycles. The summed E-state index contributed by atoms with van der Waals surface area (Å²) in [5, 5.41) is 3.58. The molecule has 1 aromatic heterocycles. The second-order valence-electron chi connectivity index (χ2n) is 8.18. The van der Waals surface area contributed by atoms with E-state index in [1.54, 1.807) is 6.20 Å². The molecule has 4 heteroatoms. The number of nitrogens with one attached hydrogen (secondary N) is 1. The van der Waals surface area contributed by atoms with Gasteiger partial charge < -0.3 is 5.32 Å². The van der Waals surface area contributed by atoms with Gasteiger partial charge in [-0.3, -0.25) is 9.78 Å². The molecule has 3 nitrogen and oxygen atoms in total. The third-order valence-corrected chi connectivity index (χ3v) is 5.48. The minimum Gasteiger partial charge on any atom is -0.356 e. The molecule has 2 aromatic rings. The van der Waals surface area contributed by atoms with Crippen molar-refractivity contribution in [1.29, 1.82) is 0 Å². The first-order chi connectivity index (χ1) is 12.3. The summed E-state index contributed by atoms with van der Waals surface area (Å²) in [4.78, 5) is 16.5. The fourth-order valence-corrected chi connectivity index (χ4v) is 3.69. The van der Waals surface area contributed by atoms with Crippen LogP contribution in [-0.4, -0.2) is 17.4 Å². The van der Waals surface area contributed by atoms with Crippen molar-refractivity contribution in [2.45, 2.75) is 51.4 Å². The van der Waals surface area contributed by atoms with Gasteiger partial charge in [-0.05, 0) is 47.9 Å². The lowest BCUT2D eigenvalue weighted by Gasteiger charge is -2.22. The number of rotatable bonds is 5. The van der Waals surface area contributed by atoms with E-state index in [1.165, 1.54) is 11.1 Å². The minimum atomic E-state index is 0.124. The SMILES string of the molecule is CC(C)(C)c1ccc(C(CCC2CCNC2=O)c2ccc(Cl)cn2)cc1. The van der Waals surface area contributed by atoms with Crippen LogP contribution in [0, 0.1) is 5.92 Å². The molecule has 3 rings (SSSR count). The summed E-state index contributed by atoms with van der Waals surface area (Å²) in [5.41, 5.74) is 3.70. The van der Waals surface area contributed by atoms with E-state index in [4.69, 9.17) is 11.6 Å². The highest BCUT2D eigenvalue weighted by atomic mass is 35.5. The first kappa shape index (κ1) is 18.9. The van der Waals surface area contributed by atoms with Gasteiger partial charge in [0.25, 0.3) is 0 Å². The molecular weight excluding hydrogens is 344 g/mol. The Morgan fingerprint density at radius 2 is 1.92 bits per heavy atom. The number of hydrogen-bond acceptors (Lipinski definition) is 2. The van der Waals surface area contributed by atoms with Crippen molar-refractivity contribution in [3.63, 3.8) is 0 Å². The lowest BCUT2D eigenvalue weighted by molar-refractivity contribution is -0.122. The maximum absolute atomic E-state index is 11.9. The fraction of sp³-hybridized carbons (Fsp3) is 0.455. The van der Waals surface area contributed by atoms with Crippen LogP contribution in [0.25, 0.3) is 0 Å². The molecule has 0 bridgehead atoms. The molecule has 0 spiro atoms. The first-order valence-electron chi connectivity index (χ1n) is 9.34. The number of carbonyl (C=O) groups is 1. The number of amides is 1. The molecule has 2 unspecified atom stereocenters. The molecule has 1 amide bonds. The Labute approximate surface area is 161 Å². The predicted octanol–water partition coefficient (Wildman–Crippen LogP) is 5.08. The summed E-state index contributed by atoms with van der Waals surface area (Å²) in [6.07, 6.45) is 4.42. The Bertz CT molecular complexity index is 747. The quantitative estimate of drug-likeness (QED) is 0.797. The maximum atomic E-state index is 11.9. The van der Waals surface area contributed by atoms with Gasteiger partial charge in [0, 0.05) is 30.3 Å². The van der Waals surface area contributed by atoms with Crippen molar-refractivity contribution in [2.75, 3.05) is 6.54 Å². The molecule has 1 fully saturated rings. The van der Waals surface area contributed by atoms with E-state index in [0.29, 0.717) is 5.02 Å². The molecule has 1 saturated heterocycles. The zero-order valence-corrected chi connectivity index (χ0v) is 16.5. The smallest absolute Gasteiger partial charge is 0.223 e. The standard InChI is InChI=1S/C22H27ClN2O/c1-22(2,3)17-7-4-15(5-8-17)19(20-11-9-18(23)14-25-20)10-6-16-12-13-24-21(16)26/h4-5,7-9,11,14,16,19H,6,10,12-13H2,1-3H3,(H,24,26). The molecular formula is C22H27ClN2O. The normalized spacial score (nSPS) is 18.6. The molecule has 0 radical (unpaired) electrons. The van der Waals surface area contributed by atoms with Crippen LogP contribution in [0.1, 0.15) is 62.8 Å². The van der Waals surface area contributed by atoms with E-state index in [2.05, 4.69) is 55.3 Å². The number of hydrogen-bond donors (Lipinski definition) is 1. The molecule has 26 heavy (non-hydrogen) atoms. The Balaban J connectivity index is 1.84. The Kier molecular flexibility index (Phi) is 5.67. The molecule has 1 aliphatic rings. The van der Waals surface area contributed by atoms with Crippen LogP contribution >= 0.6 is 11.6 Å². The summed E-state index contributed by atoms with van der Waals surface area (Å²) >= 11 is 6.02. The summed E-state index contributed by atoms with van der Waals surface area (Å²) in [6.45, 7) is 7.46. The third kappa shape index (κ3) is 4.45. The van der Waals surface area contributed by atoms with E-state index in [9.17, 15) is 4.79 Å². The van der Waals surface area contributed by atoms with Crippen LogP contribution in [0.15, 0.2) is 42.6 Å². The largest absolute Gasteiger partial charge is 0.356 e. The van der Waals surface area contributed by atoms with Crippen LogP contribution in [0.4, 0.5) is 0 Å². The molecule has 1 N–H and O–H groups in total. The summed E-state index contributed by atoms with van der Waals surface area (Å²) < 4.78 is 0. The molecule has 2 heterocycles. The third-order valence-electron chi connectivity index (χ3n) is 5.25. The van der Waals surface area contributed by atoms with Crippen molar-refractivity contribution in [3.05, 3.63) is 64.4 Å². The average Bonchev–Trinajstić information content (AvgIpc) is 3.01. The van der Waals surface area contributed by atoms with Gasteiger partial charge in [-0.15, -0.1) is 0 Å². The lowest BCUT2D eigenvalue weighted by atomic mass is 9.83. The van der Waals surface area contributed by atoms with Crippen molar-refractivity contribution in [3.8, 4) is 0 Å². The minimum absolute atomic E-state index is 0.124. The molecule has 0 saturated carbocycles. The van der Waals surface area contributed by atoms with Gasteiger partial charge in [0.15, 0.2) is 0 Å². The van der Waals surface area contributed by atoms with Gasteiger partial charge >= 0.3 is 0 Å². The maximum Gasteiger partial charge on any atom is 0.223 e. The van der Waals surface area contributed by atoms with Gasteiger partial charge in [0.2, 0.25) is 5.91 Å². The van der Waals surface area contributed by atoms with Crippen molar-refractivity contribution in [2.24, 2.45) is 5.92 Å². The van der Waals surface area contributed by atoms with E-state index >= 15 is 0 Å². The number of carbonyl (C=O) groups excluding carboxylic acids is 1. The number of halogens is 1. The number of pyridine rings is 1. The van der Waals surface area contributed by atoms with E-state index in [1.807, 2.05) is 12.1 Å². The summed E-state index contributed by atoms with van der Waals surface area (Å²) in [5.74, 6) is 0.490. The van der Waals surface area contributed by atoms with Gasteiger partial charge in [0.1, 0.15) is 0 Å². The van der Waals surface area contributed by atoms with Crippen LogP contribution < -0.4 is 5.32 Å². The Morgan fingerprint density at radius 3 is 2.46 bits per heavy atom. The van der Waals surface area contributed by atoms with Crippen molar-refractivity contribution in [1.82, 2.24) is 10.3 Å². The topological polar surface area (TPSA) is 42.0 Å². The number of benzene rings is 1. The summed E-state index contributed by atoms with van der Waals surface area (Å²) in [6, 6.07) is 12.7. The molecule has 0 aliphatic carbocycles. The first-order valence-corrected chi connectivity index (χ1v) is 9.72. The van der Waals surface area contributed by atoms with Gasteiger partial charge in [-0.1, -0.05) is 56.6 Å². The van der Waals surface area contributed by atoms with Crippen molar-refractivity contribution < 1.29 is 4.79 Å². The second kappa shape index (κ2) is 7.79. The highest BCUT2D eigenvalue weighted by Crippen LogP contribution is 2.33.